The zero-order valence-corrected chi connectivity index (χ0v) is 11.5. The molecule has 0 bridgehead atoms. The van der Waals surface area contributed by atoms with E-state index in [1.165, 1.54) is 13.8 Å². The molecule has 0 unspecified atom stereocenters. The van der Waals surface area contributed by atoms with Gasteiger partial charge in [-0.15, -0.1) is 0 Å². The first-order chi connectivity index (χ1) is 7.82. The van der Waals surface area contributed by atoms with Crippen molar-refractivity contribution >= 4 is 6.09 Å². The number of ether oxygens (including phenoxy) is 1. The average Bonchev–Trinajstić information content (AvgIpc) is 2.37. The molecule has 0 aromatic carbocycles. The summed E-state index contributed by atoms with van der Waals surface area (Å²) < 4.78 is 31.9. The van der Waals surface area contributed by atoms with E-state index in [1.54, 1.807) is 20.8 Å². The average molecular weight is 265 g/mol. The van der Waals surface area contributed by atoms with Crippen molar-refractivity contribution < 1.29 is 23.4 Å². The van der Waals surface area contributed by atoms with Crippen LogP contribution in [0.2, 0.25) is 0 Å². The minimum Gasteiger partial charge on any atom is -0.444 e. The van der Waals surface area contributed by atoms with Gasteiger partial charge in [-0.25, -0.2) is 13.6 Å². The fourth-order valence-electron chi connectivity index (χ4n) is 1.96. The fourth-order valence-corrected chi connectivity index (χ4v) is 1.96. The monoisotopic (exact) mass is 265 g/mol. The van der Waals surface area contributed by atoms with Gasteiger partial charge in [-0.3, -0.25) is 4.90 Å². The number of rotatable bonds is 1. The third-order valence-corrected chi connectivity index (χ3v) is 2.71. The lowest BCUT2D eigenvalue weighted by Crippen LogP contribution is -2.49. The van der Waals surface area contributed by atoms with Gasteiger partial charge in [0.15, 0.2) is 0 Å². The predicted molar refractivity (Wildman–Crippen MR) is 62.6 cm³/mol. The first-order valence-corrected chi connectivity index (χ1v) is 5.92. The molecule has 0 spiro atoms. The van der Waals surface area contributed by atoms with Crippen LogP contribution in [0.25, 0.3) is 0 Å². The summed E-state index contributed by atoms with van der Waals surface area (Å²) in [5.41, 5.74) is -2.14. The number of nitrogens with zero attached hydrogens (tertiary/aromatic N) is 1. The molecule has 6 heteroatoms. The van der Waals surface area contributed by atoms with Gasteiger partial charge in [0.25, 0.3) is 5.92 Å². The highest BCUT2D eigenvalue weighted by Crippen LogP contribution is 2.37. The number of likely N-dealkylation sites (tertiary alicyclic amines) is 1. The number of carbonyl (C=O) groups is 1. The number of hydrogen-bond donors (Lipinski definition) is 1. The van der Waals surface area contributed by atoms with Crippen molar-refractivity contribution in [3.05, 3.63) is 0 Å². The Hall–Kier alpha value is -0.910. The molecule has 1 aliphatic rings. The Balaban J connectivity index is 2.88. The van der Waals surface area contributed by atoms with Gasteiger partial charge < -0.3 is 9.84 Å². The maximum atomic E-state index is 13.4. The van der Waals surface area contributed by atoms with Gasteiger partial charge in [0.05, 0.1) is 18.2 Å². The molecule has 1 N–H and O–H groups in total. The highest BCUT2D eigenvalue weighted by Gasteiger charge is 2.52. The molecule has 1 heterocycles. The normalized spacial score (nSPS) is 24.2. The Morgan fingerprint density at radius 1 is 1.33 bits per heavy atom. The molecule has 1 amide bonds. The second-order valence-electron chi connectivity index (χ2n) is 6.34. The maximum absolute atomic E-state index is 13.4. The van der Waals surface area contributed by atoms with Gasteiger partial charge in [-0.05, 0) is 34.6 Å². The van der Waals surface area contributed by atoms with Gasteiger partial charge in [0.2, 0.25) is 0 Å². The largest absolute Gasteiger partial charge is 0.444 e. The van der Waals surface area contributed by atoms with Crippen molar-refractivity contribution in [3.8, 4) is 0 Å². The Bertz CT molecular complexity index is 331. The molecule has 0 radical (unpaired) electrons. The molecule has 1 saturated heterocycles. The second kappa shape index (κ2) is 4.33. The molecule has 106 valence electrons. The van der Waals surface area contributed by atoms with Crippen LogP contribution < -0.4 is 0 Å². The van der Waals surface area contributed by atoms with E-state index in [9.17, 15) is 18.7 Å². The lowest BCUT2D eigenvalue weighted by Gasteiger charge is -2.34. The third-order valence-electron chi connectivity index (χ3n) is 2.71. The molecule has 0 saturated carbocycles. The zero-order chi connectivity index (χ0) is 14.4. The summed E-state index contributed by atoms with van der Waals surface area (Å²) in [7, 11) is 0. The molecular weight excluding hydrogens is 244 g/mol. The number of alkyl halides is 2. The fraction of sp³-hybridized carbons (Fsp3) is 0.917. The van der Waals surface area contributed by atoms with Gasteiger partial charge in [-0.1, -0.05) is 0 Å². The van der Waals surface area contributed by atoms with E-state index in [2.05, 4.69) is 0 Å². The molecule has 0 aromatic heterocycles. The number of amides is 1. The molecule has 0 aliphatic carbocycles. The van der Waals surface area contributed by atoms with Crippen molar-refractivity contribution in [3.63, 3.8) is 0 Å². The van der Waals surface area contributed by atoms with E-state index in [0.717, 1.165) is 4.90 Å². The summed E-state index contributed by atoms with van der Waals surface area (Å²) in [4.78, 5) is 12.8. The molecule has 1 aliphatic heterocycles. The first-order valence-electron chi connectivity index (χ1n) is 5.92. The van der Waals surface area contributed by atoms with E-state index < -0.39 is 42.2 Å². The summed E-state index contributed by atoms with van der Waals surface area (Å²) >= 11 is 0. The third kappa shape index (κ3) is 3.80. The Morgan fingerprint density at radius 2 is 1.83 bits per heavy atom. The standard InChI is InChI=1S/C12H21F2NO3/c1-10(2,3)18-9(16)15-7-12(13,14)6-8(15)11(4,5)17/h8,17H,6-7H2,1-5H3/t8-/m0/s1. The minimum absolute atomic E-state index is 0.546. The lowest BCUT2D eigenvalue weighted by molar-refractivity contribution is -0.0240. The van der Waals surface area contributed by atoms with Crippen LogP contribution in [0.15, 0.2) is 0 Å². The highest BCUT2D eigenvalue weighted by molar-refractivity contribution is 5.69. The molecule has 1 atom stereocenters. The van der Waals surface area contributed by atoms with E-state index >= 15 is 0 Å². The van der Waals surface area contributed by atoms with Gasteiger partial charge in [-0.2, -0.15) is 0 Å². The minimum atomic E-state index is -2.98. The number of halogens is 2. The van der Waals surface area contributed by atoms with E-state index in [0.29, 0.717) is 0 Å². The smallest absolute Gasteiger partial charge is 0.410 e. The maximum Gasteiger partial charge on any atom is 0.410 e. The number of carbonyl (C=O) groups excluding carboxylic acids is 1. The lowest BCUT2D eigenvalue weighted by atomic mass is 9.96. The number of hydrogen-bond acceptors (Lipinski definition) is 3. The topological polar surface area (TPSA) is 49.8 Å². The van der Waals surface area contributed by atoms with E-state index in [4.69, 9.17) is 4.74 Å². The van der Waals surface area contributed by atoms with E-state index in [-0.39, 0.29) is 0 Å². The Labute approximate surface area is 106 Å². The second-order valence-corrected chi connectivity index (χ2v) is 6.34. The number of aliphatic hydroxyl groups is 1. The van der Waals surface area contributed by atoms with Crippen molar-refractivity contribution in [2.24, 2.45) is 0 Å². The van der Waals surface area contributed by atoms with Gasteiger partial charge in [0.1, 0.15) is 5.60 Å². The summed E-state index contributed by atoms with van der Waals surface area (Å²) in [5.74, 6) is -2.98. The molecule has 18 heavy (non-hydrogen) atoms. The quantitative estimate of drug-likeness (QED) is 0.792. The Kier molecular flexibility index (Phi) is 3.64. The van der Waals surface area contributed by atoms with E-state index in [1.807, 2.05) is 0 Å². The van der Waals surface area contributed by atoms with Crippen LogP contribution in [0.3, 0.4) is 0 Å². The zero-order valence-electron chi connectivity index (χ0n) is 11.5. The van der Waals surface area contributed by atoms with Crippen LogP contribution in [-0.2, 0) is 4.74 Å². The van der Waals surface area contributed by atoms with Crippen LogP contribution >= 0.6 is 0 Å². The summed E-state index contributed by atoms with van der Waals surface area (Å²) in [6.45, 7) is 7.11. The van der Waals surface area contributed by atoms with Crippen molar-refractivity contribution in [2.75, 3.05) is 6.54 Å². The predicted octanol–water partition coefficient (Wildman–Crippen LogP) is 2.40. The SMILES string of the molecule is CC(C)(C)OC(=O)N1CC(F)(F)C[C@H]1C(C)(C)O. The molecule has 0 aromatic rings. The van der Waals surface area contributed by atoms with Crippen LogP contribution in [0.1, 0.15) is 41.0 Å². The van der Waals surface area contributed by atoms with Crippen LogP contribution in [0, 0.1) is 0 Å². The Morgan fingerprint density at radius 3 is 2.22 bits per heavy atom. The van der Waals surface area contributed by atoms with Gasteiger partial charge in [0, 0.05) is 6.42 Å². The summed E-state index contributed by atoms with van der Waals surface area (Å²) in [5, 5.41) is 9.88. The van der Waals surface area contributed by atoms with Gasteiger partial charge >= 0.3 is 6.09 Å². The summed E-state index contributed by atoms with van der Waals surface area (Å²) in [6, 6.07) is -0.942. The highest BCUT2D eigenvalue weighted by atomic mass is 19.3. The summed E-state index contributed by atoms with van der Waals surface area (Å²) in [6.07, 6.45) is -1.36. The molecule has 4 nitrogen and oxygen atoms in total. The molecule has 1 rings (SSSR count). The molecule has 1 fully saturated rings. The van der Waals surface area contributed by atoms with Crippen molar-refractivity contribution in [1.29, 1.82) is 0 Å². The van der Waals surface area contributed by atoms with Crippen molar-refractivity contribution in [2.45, 2.75) is 64.2 Å². The van der Waals surface area contributed by atoms with Crippen LogP contribution in [0.4, 0.5) is 13.6 Å². The van der Waals surface area contributed by atoms with Crippen LogP contribution in [-0.4, -0.2) is 45.8 Å². The molecular formula is C12H21F2NO3. The first kappa shape index (κ1) is 15.1. The van der Waals surface area contributed by atoms with Crippen molar-refractivity contribution in [1.82, 2.24) is 4.90 Å². The van der Waals surface area contributed by atoms with Crippen LogP contribution in [0.5, 0.6) is 0 Å².